The third-order valence-corrected chi connectivity index (χ3v) is 4.69. The standard InChI is InChI=1S/C24H27N3O2/c1-3-4-7-19-8-5-6-9-22(19)29-20-13-11-18(12-14-20)16-26-24(28)21-15-10-17(2)27-23(21)25/h5-6,8-15H,3-4,7,16H2,1-2H3,(H2,25,27)(H,26,28). The first kappa shape index (κ1) is 20.4. The molecule has 0 atom stereocenters. The van der Waals surface area contributed by atoms with Crippen LogP contribution in [0.25, 0.3) is 0 Å². The van der Waals surface area contributed by atoms with Gasteiger partial charge in [0, 0.05) is 12.2 Å². The predicted molar refractivity (Wildman–Crippen MR) is 116 cm³/mol. The van der Waals surface area contributed by atoms with E-state index in [4.69, 9.17) is 10.5 Å². The van der Waals surface area contributed by atoms with Crippen LogP contribution in [0.2, 0.25) is 0 Å². The van der Waals surface area contributed by atoms with E-state index in [0.717, 1.165) is 42.0 Å². The predicted octanol–water partition coefficient (Wildman–Crippen LogP) is 5.04. The smallest absolute Gasteiger partial charge is 0.255 e. The van der Waals surface area contributed by atoms with Crippen LogP contribution in [0.15, 0.2) is 60.7 Å². The SMILES string of the molecule is CCCCc1ccccc1Oc1ccc(CNC(=O)c2ccc(C)nc2N)cc1. The number of pyridine rings is 1. The number of nitrogen functional groups attached to an aromatic ring is 1. The number of benzene rings is 2. The van der Waals surface area contributed by atoms with E-state index in [1.807, 2.05) is 49.4 Å². The van der Waals surface area contributed by atoms with E-state index in [2.05, 4.69) is 23.3 Å². The fourth-order valence-corrected chi connectivity index (χ4v) is 3.03. The van der Waals surface area contributed by atoms with Crippen LogP contribution >= 0.6 is 0 Å². The minimum Gasteiger partial charge on any atom is -0.457 e. The highest BCUT2D eigenvalue weighted by atomic mass is 16.5. The number of aromatic nitrogens is 1. The van der Waals surface area contributed by atoms with E-state index in [-0.39, 0.29) is 11.7 Å². The minimum atomic E-state index is -0.236. The molecule has 0 bridgehead atoms. The van der Waals surface area contributed by atoms with Gasteiger partial charge in [0.2, 0.25) is 0 Å². The van der Waals surface area contributed by atoms with Crippen molar-refractivity contribution in [2.45, 2.75) is 39.7 Å². The number of nitrogens with two attached hydrogens (primary N) is 1. The number of unbranched alkanes of at least 4 members (excludes halogenated alkanes) is 1. The summed E-state index contributed by atoms with van der Waals surface area (Å²) in [7, 11) is 0. The van der Waals surface area contributed by atoms with Crippen molar-refractivity contribution in [1.82, 2.24) is 10.3 Å². The zero-order chi connectivity index (χ0) is 20.6. The van der Waals surface area contributed by atoms with Crippen LogP contribution in [0, 0.1) is 6.92 Å². The summed E-state index contributed by atoms with van der Waals surface area (Å²) in [6, 6.07) is 19.3. The Hall–Kier alpha value is -3.34. The number of amides is 1. The molecule has 0 saturated heterocycles. The Labute approximate surface area is 171 Å². The highest BCUT2D eigenvalue weighted by Gasteiger charge is 2.10. The molecule has 3 rings (SSSR count). The normalized spacial score (nSPS) is 10.6. The summed E-state index contributed by atoms with van der Waals surface area (Å²) in [5, 5.41) is 2.88. The molecule has 0 spiro atoms. The van der Waals surface area contributed by atoms with E-state index in [1.54, 1.807) is 12.1 Å². The number of hydrogen-bond acceptors (Lipinski definition) is 4. The van der Waals surface area contributed by atoms with Gasteiger partial charge in [0.15, 0.2) is 0 Å². The quantitative estimate of drug-likeness (QED) is 0.566. The summed E-state index contributed by atoms with van der Waals surface area (Å²) >= 11 is 0. The molecule has 0 unspecified atom stereocenters. The van der Waals surface area contributed by atoms with Gasteiger partial charge in [-0.15, -0.1) is 0 Å². The lowest BCUT2D eigenvalue weighted by molar-refractivity contribution is 0.0951. The summed E-state index contributed by atoms with van der Waals surface area (Å²) in [6.45, 7) is 4.42. The number of para-hydroxylation sites is 1. The first-order valence-electron chi connectivity index (χ1n) is 9.93. The fraction of sp³-hybridized carbons (Fsp3) is 0.250. The van der Waals surface area contributed by atoms with Crippen molar-refractivity contribution >= 4 is 11.7 Å². The van der Waals surface area contributed by atoms with Crippen molar-refractivity contribution in [3.05, 3.63) is 83.0 Å². The molecule has 29 heavy (non-hydrogen) atoms. The Morgan fingerprint density at radius 3 is 2.55 bits per heavy atom. The topological polar surface area (TPSA) is 77.2 Å². The number of nitrogens with one attached hydrogen (secondary N) is 1. The summed E-state index contributed by atoms with van der Waals surface area (Å²) < 4.78 is 6.07. The second-order valence-electron chi connectivity index (χ2n) is 7.03. The second-order valence-corrected chi connectivity index (χ2v) is 7.03. The van der Waals surface area contributed by atoms with Crippen LogP contribution in [0.3, 0.4) is 0 Å². The van der Waals surface area contributed by atoms with Gasteiger partial charge >= 0.3 is 0 Å². The average Bonchev–Trinajstić information content (AvgIpc) is 2.72. The van der Waals surface area contributed by atoms with Crippen molar-refractivity contribution in [2.75, 3.05) is 5.73 Å². The van der Waals surface area contributed by atoms with E-state index >= 15 is 0 Å². The molecule has 0 fully saturated rings. The summed E-state index contributed by atoms with van der Waals surface area (Å²) in [4.78, 5) is 16.5. The van der Waals surface area contributed by atoms with Crippen molar-refractivity contribution < 1.29 is 9.53 Å². The van der Waals surface area contributed by atoms with Crippen molar-refractivity contribution in [3.8, 4) is 11.5 Å². The number of rotatable bonds is 8. The molecule has 0 saturated carbocycles. The van der Waals surface area contributed by atoms with Gasteiger partial charge in [0.25, 0.3) is 5.91 Å². The van der Waals surface area contributed by atoms with Crippen LogP contribution in [0.1, 0.15) is 46.9 Å². The zero-order valence-electron chi connectivity index (χ0n) is 16.9. The lowest BCUT2D eigenvalue weighted by Crippen LogP contribution is -2.24. The molecule has 5 nitrogen and oxygen atoms in total. The molecule has 1 heterocycles. The Morgan fingerprint density at radius 2 is 1.83 bits per heavy atom. The first-order chi connectivity index (χ1) is 14.1. The van der Waals surface area contributed by atoms with E-state index in [0.29, 0.717) is 12.1 Å². The third-order valence-electron chi connectivity index (χ3n) is 4.69. The second kappa shape index (κ2) is 9.73. The monoisotopic (exact) mass is 389 g/mol. The Balaban J connectivity index is 1.60. The number of hydrogen-bond donors (Lipinski definition) is 2. The lowest BCUT2D eigenvalue weighted by Gasteiger charge is -2.12. The summed E-state index contributed by atoms with van der Waals surface area (Å²) in [5.41, 5.74) is 9.20. The van der Waals surface area contributed by atoms with Crippen molar-refractivity contribution in [3.63, 3.8) is 0 Å². The first-order valence-corrected chi connectivity index (χ1v) is 9.93. The highest BCUT2D eigenvalue weighted by Crippen LogP contribution is 2.26. The third kappa shape index (κ3) is 5.57. The molecular formula is C24H27N3O2. The average molecular weight is 389 g/mol. The largest absolute Gasteiger partial charge is 0.457 e. The van der Waals surface area contributed by atoms with E-state index < -0.39 is 0 Å². The summed E-state index contributed by atoms with van der Waals surface area (Å²) in [6.07, 6.45) is 3.30. The molecule has 3 aromatic rings. The van der Waals surface area contributed by atoms with E-state index in [9.17, 15) is 4.79 Å². The molecule has 1 aromatic heterocycles. The molecule has 0 aliphatic heterocycles. The molecule has 1 amide bonds. The van der Waals surface area contributed by atoms with Gasteiger partial charge in [-0.1, -0.05) is 43.7 Å². The molecule has 3 N–H and O–H groups in total. The van der Waals surface area contributed by atoms with Crippen LogP contribution in [-0.4, -0.2) is 10.9 Å². The lowest BCUT2D eigenvalue weighted by atomic mass is 10.1. The molecule has 0 aliphatic carbocycles. The van der Waals surface area contributed by atoms with Gasteiger partial charge < -0.3 is 15.8 Å². The van der Waals surface area contributed by atoms with Crippen LogP contribution in [0.4, 0.5) is 5.82 Å². The van der Waals surface area contributed by atoms with Gasteiger partial charge in [0.1, 0.15) is 17.3 Å². The van der Waals surface area contributed by atoms with Gasteiger partial charge in [-0.3, -0.25) is 4.79 Å². The van der Waals surface area contributed by atoms with Crippen molar-refractivity contribution in [1.29, 1.82) is 0 Å². The number of anilines is 1. The number of ether oxygens (including phenoxy) is 1. The number of nitrogens with zero attached hydrogens (tertiary/aromatic N) is 1. The molecular weight excluding hydrogens is 362 g/mol. The maximum absolute atomic E-state index is 12.3. The van der Waals surface area contributed by atoms with Gasteiger partial charge in [-0.2, -0.15) is 0 Å². The van der Waals surface area contributed by atoms with Gasteiger partial charge in [-0.25, -0.2) is 4.98 Å². The molecule has 0 aliphatic rings. The highest BCUT2D eigenvalue weighted by molar-refractivity contribution is 5.98. The van der Waals surface area contributed by atoms with E-state index in [1.165, 1.54) is 5.56 Å². The Bertz CT molecular complexity index is 968. The van der Waals surface area contributed by atoms with Crippen LogP contribution < -0.4 is 15.8 Å². The molecule has 5 heteroatoms. The number of carbonyl (C=O) groups is 1. The molecule has 2 aromatic carbocycles. The van der Waals surface area contributed by atoms with Gasteiger partial charge in [0.05, 0.1) is 5.56 Å². The maximum atomic E-state index is 12.3. The Kier molecular flexibility index (Phi) is 6.85. The molecule has 0 radical (unpaired) electrons. The minimum absolute atomic E-state index is 0.236. The Morgan fingerprint density at radius 1 is 1.07 bits per heavy atom. The number of carbonyl (C=O) groups excluding carboxylic acids is 1. The van der Waals surface area contributed by atoms with Crippen molar-refractivity contribution in [2.24, 2.45) is 0 Å². The maximum Gasteiger partial charge on any atom is 0.255 e. The van der Waals surface area contributed by atoms with Crippen LogP contribution in [-0.2, 0) is 13.0 Å². The number of aryl methyl sites for hydroxylation is 2. The fourth-order valence-electron chi connectivity index (χ4n) is 3.03. The van der Waals surface area contributed by atoms with Gasteiger partial charge in [-0.05, 0) is 61.2 Å². The van der Waals surface area contributed by atoms with Crippen LogP contribution in [0.5, 0.6) is 11.5 Å². The summed E-state index contributed by atoms with van der Waals surface area (Å²) in [5.74, 6) is 1.67. The zero-order valence-corrected chi connectivity index (χ0v) is 16.9. The molecule has 150 valence electrons.